The van der Waals surface area contributed by atoms with Crippen LogP contribution in [0.25, 0.3) is 0 Å². The van der Waals surface area contributed by atoms with Gasteiger partial charge in [-0.05, 0) is 49.4 Å². The van der Waals surface area contributed by atoms with E-state index in [4.69, 9.17) is 11.6 Å². The van der Waals surface area contributed by atoms with Crippen molar-refractivity contribution in [2.45, 2.75) is 19.4 Å². The first-order valence-corrected chi connectivity index (χ1v) is 9.10. The largest absolute Gasteiger partial charge is 0.352 e. The van der Waals surface area contributed by atoms with Crippen LogP contribution in [-0.2, 0) is 6.54 Å². The van der Waals surface area contributed by atoms with Crippen molar-refractivity contribution in [3.8, 4) is 0 Å². The number of nitrogens with zero attached hydrogens (tertiary/aromatic N) is 2. The fourth-order valence-corrected chi connectivity index (χ4v) is 3.81. The molecule has 1 N–H and O–H groups in total. The van der Waals surface area contributed by atoms with Crippen molar-refractivity contribution in [3.05, 3.63) is 51.4 Å². The minimum absolute atomic E-state index is 0.113. The lowest BCUT2D eigenvalue weighted by atomic mass is 9.96. The molecule has 1 aliphatic rings. The number of likely N-dealkylation sites (tertiary alicyclic amines) is 1. The summed E-state index contributed by atoms with van der Waals surface area (Å²) in [5.74, 6) is 0.428. The summed E-state index contributed by atoms with van der Waals surface area (Å²) in [5.41, 5.74) is 0.497. The SMILES string of the molecule is O=C(NCC1CCN(Cc2cccs2)CC1)c1ccncc1Cl. The number of aromatic nitrogens is 1. The van der Waals surface area contributed by atoms with Crippen LogP contribution in [0.5, 0.6) is 0 Å². The Kier molecular flexibility index (Phi) is 5.65. The van der Waals surface area contributed by atoms with Gasteiger partial charge in [0.05, 0.1) is 10.6 Å². The van der Waals surface area contributed by atoms with Crippen molar-refractivity contribution in [3.63, 3.8) is 0 Å². The van der Waals surface area contributed by atoms with Crippen molar-refractivity contribution >= 4 is 28.8 Å². The Hall–Kier alpha value is -1.43. The van der Waals surface area contributed by atoms with E-state index in [2.05, 4.69) is 32.7 Å². The smallest absolute Gasteiger partial charge is 0.252 e. The summed E-state index contributed by atoms with van der Waals surface area (Å²) in [4.78, 5) is 20.0. The summed E-state index contributed by atoms with van der Waals surface area (Å²) >= 11 is 7.81. The third-order valence-electron chi connectivity index (χ3n) is 4.24. The third-order valence-corrected chi connectivity index (χ3v) is 5.40. The zero-order valence-corrected chi connectivity index (χ0v) is 14.4. The molecule has 2 aromatic heterocycles. The maximum absolute atomic E-state index is 12.2. The Labute approximate surface area is 145 Å². The highest BCUT2D eigenvalue weighted by Gasteiger charge is 2.20. The van der Waals surface area contributed by atoms with Gasteiger partial charge >= 0.3 is 0 Å². The van der Waals surface area contributed by atoms with Crippen molar-refractivity contribution in [2.75, 3.05) is 19.6 Å². The molecule has 23 heavy (non-hydrogen) atoms. The second-order valence-electron chi connectivity index (χ2n) is 5.86. The molecule has 0 atom stereocenters. The van der Waals surface area contributed by atoms with E-state index < -0.39 is 0 Å². The highest BCUT2D eigenvalue weighted by molar-refractivity contribution is 7.09. The average Bonchev–Trinajstić information content (AvgIpc) is 3.07. The summed E-state index contributed by atoms with van der Waals surface area (Å²) in [7, 11) is 0. The van der Waals surface area contributed by atoms with Crippen LogP contribution in [0.15, 0.2) is 36.0 Å². The first-order valence-electron chi connectivity index (χ1n) is 7.85. The summed E-state index contributed by atoms with van der Waals surface area (Å²) in [6.45, 7) is 3.94. The summed E-state index contributed by atoms with van der Waals surface area (Å²) in [6.07, 6.45) is 5.33. The number of hydrogen-bond acceptors (Lipinski definition) is 4. The second-order valence-corrected chi connectivity index (χ2v) is 7.30. The predicted octanol–water partition coefficient (Wildman–Crippen LogP) is 3.44. The van der Waals surface area contributed by atoms with Gasteiger partial charge in [-0.15, -0.1) is 11.3 Å². The molecule has 6 heteroatoms. The molecule has 1 amide bonds. The van der Waals surface area contributed by atoms with Crippen LogP contribution in [-0.4, -0.2) is 35.4 Å². The lowest BCUT2D eigenvalue weighted by molar-refractivity contribution is 0.0935. The number of carbonyl (C=O) groups is 1. The van der Waals surface area contributed by atoms with Gasteiger partial charge in [-0.1, -0.05) is 17.7 Å². The van der Waals surface area contributed by atoms with Gasteiger partial charge in [-0.25, -0.2) is 0 Å². The number of hydrogen-bond donors (Lipinski definition) is 1. The highest BCUT2D eigenvalue weighted by atomic mass is 35.5. The molecule has 4 nitrogen and oxygen atoms in total. The number of halogens is 1. The fourth-order valence-electron chi connectivity index (χ4n) is 2.86. The Bertz CT molecular complexity index is 639. The van der Waals surface area contributed by atoms with Gasteiger partial charge in [0, 0.05) is 30.4 Å². The summed E-state index contributed by atoms with van der Waals surface area (Å²) in [6, 6.07) is 5.95. The predicted molar refractivity (Wildman–Crippen MR) is 93.9 cm³/mol. The van der Waals surface area contributed by atoms with Crippen LogP contribution in [0.1, 0.15) is 28.1 Å². The Morgan fingerprint density at radius 1 is 1.39 bits per heavy atom. The summed E-state index contributed by atoms with van der Waals surface area (Å²) in [5, 5.41) is 5.53. The molecule has 3 rings (SSSR count). The molecule has 1 fully saturated rings. The van der Waals surface area contributed by atoms with Gasteiger partial charge < -0.3 is 5.32 Å². The van der Waals surface area contributed by atoms with Gasteiger partial charge in [-0.3, -0.25) is 14.7 Å². The molecule has 0 spiro atoms. The van der Waals surface area contributed by atoms with Crippen molar-refractivity contribution in [1.82, 2.24) is 15.2 Å². The molecule has 0 unspecified atom stereocenters. The standard InChI is InChI=1S/C17H20ClN3OS/c18-16-11-19-6-3-15(16)17(22)20-10-13-4-7-21(8-5-13)12-14-2-1-9-23-14/h1-3,6,9,11,13H,4-5,7-8,10,12H2,(H,20,22). The highest BCUT2D eigenvalue weighted by Crippen LogP contribution is 2.20. The van der Waals surface area contributed by atoms with Gasteiger partial charge in [0.2, 0.25) is 0 Å². The molecule has 2 aromatic rings. The molecular formula is C17H20ClN3OS. The van der Waals surface area contributed by atoms with E-state index in [1.165, 1.54) is 11.1 Å². The van der Waals surface area contributed by atoms with Crippen LogP contribution in [0.4, 0.5) is 0 Å². The minimum atomic E-state index is -0.113. The lowest BCUT2D eigenvalue weighted by Gasteiger charge is -2.31. The Morgan fingerprint density at radius 3 is 2.91 bits per heavy atom. The Morgan fingerprint density at radius 2 is 2.22 bits per heavy atom. The van der Waals surface area contributed by atoms with Crippen LogP contribution in [0.2, 0.25) is 5.02 Å². The summed E-state index contributed by atoms with van der Waals surface area (Å²) < 4.78 is 0. The zero-order chi connectivity index (χ0) is 16.1. The molecule has 0 aromatic carbocycles. The normalized spacial score (nSPS) is 16.4. The van der Waals surface area contributed by atoms with Crippen LogP contribution < -0.4 is 5.32 Å². The van der Waals surface area contributed by atoms with Crippen molar-refractivity contribution < 1.29 is 4.79 Å². The van der Waals surface area contributed by atoms with Crippen molar-refractivity contribution in [2.24, 2.45) is 5.92 Å². The van der Waals surface area contributed by atoms with Gasteiger partial charge in [0.15, 0.2) is 0 Å². The van der Waals surface area contributed by atoms with Gasteiger partial charge in [0.25, 0.3) is 5.91 Å². The van der Waals surface area contributed by atoms with E-state index in [9.17, 15) is 4.79 Å². The first-order chi connectivity index (χ1) is 11.2. The Balaban J connectivity index is 1.42. The molecule has 0 bridgehead atoms. The molecule has 1 saturated heterocycles. The zero-order valence-electron chi connectivity index (χ0n) is 12.9. The topological polar surface area (TPSA) is 45.2 Å². The number of piperidine rings is 1. The number of nitrogens with one attached hydrogen (secondary N) is 1. The van der Waals surface area contributed by atoms with E-state index in [-0.39, 0.29) is 5.91 Å². The van der Waals surface area contributed by atoms with Gasteiger partial charge in [-0.2, -0.15) is 0 Å². The molecule has 0 aliphatic carbocycles. The van der Waals surface area contributed by atoms with Crippen LogP contribution in [0.3, 0.4) is 0 Å². The molecule has 1 aliphatic heterocycles. The number of carbonyl (C=O) groups excluding carboxylic acids is 1. The van der Waals surface area contributed by atoms with E-state index in [1.807, 2.05) is 11.3 Å². The molecular weight excluding hydrogens is 330 g/mol. The first kappa shape index (κ1) is 16.4. The number of amides is 1. The van der Waals surface area contributed by atoms with E-state index >= 15 is 0 Å². The lowest BCUT2D eigenvalue weighted by Crippen LogP contribution is -2.38. The number of pyridine rings is 1. The maximum Gasteiger partial charge on any atom is 0.252 e. The minimum Gasteiger partial charge on any atom is -0.352 e. The molecule has 3 heterocycles. The molecule has 122 valence electrons. The number of thiophene rings is 1. The van der Waals surface area contributed by atoms with Crippen LogP contribution >= 0.6 is 22.9 Å². The second kappa shape index (κ2) is 7.90. The maximum atomic E-state index is 12.2. The van der Waals surface area contributed by atoms with E-state index in [0.717, 1.165) is 32.5 Å². The quantitative estimate of drug-likeness (QED) is 0.899. The number of rotatable bonds is 5. The van der Waals surface area contributed by atoms with E-state index in [0.29, 0.717) is 23.0 Å². The van der Waals surface area contributed by atoms with Crippen molar-refractivity contribution in [1.29, 1.82) is 0 Å². The molecule has 0 radical (unpaired) electrons. The fraction of sp³-hybridized carbons (Fsp3) is 0.412. The van der Waals surface area contributed by atoms with Crippen LogP contribution in [0, 0.1) is 5.92 Å². The van der Waals surface area contributed by atoms with Gasteiger partial charge in [0.1, 0.15) is 0 Å². The molecule has 0 saturated carbocycles. The third kappa shape index (κ3) is 4.53. The average molecular weight is 350 g/mol. The van der Waals surface area contributed by atoms with E-state index in [1.54, 1.807) is 12.3 Å². The monoisotopic (exact) mass is 349 g/mol.